The van der Waals surface area contributed by atoms with Crippen molar-refractivity contribution < 1.29 is 0 Å². The molecule has 1 aliphatic rings. The molecule has 1 aliphatic carbocycles. The summed E-state index contributed by atoms with van der Waals surface area (Å²) in [5.74, 6) is 0. The van der Waals surface area contributed by atoms with Crippen LogP contribution in [0.1, 0.15) is 11.1 Å². The standard InChI is InChI=1S/C12H9Cl/c13-12-8-4-3-6-10-5-1-2-7-11(10)9-12/h1-9H. The number of halogens is 1. The number of fused-ring (bicyclic) bond motifs is 1. The van der Waals surface area contributed by atoms with Crippen molar-refractivity contribution in [2.45, 2.75) is 0 Å². The van der Waals surface area contributed by atoms with Gasteiger partial charge in [0.1, 0.15) is 0 Å². The van der Waals surface area contributed by atoms with Crippen LogP contribution in [0.5, 0.6) is 0 Å². The third-order valence-corrected chi connectivity index (χ3v) is 2.17. The van der Waals surface area contributed by atoms with Gasteiger partial charge in [0.05, 0.1) is 0 Å². The summed E-state index contributed by atoms with van der Waals surface area (Å²) in [4.78, 5) is 0. The van der Waals surface area contributed by atoms with Crippen LogP contribution in [0.3, 0.4) is 0 Å². The largest absolute Gasteiger partial charge is 0.0843 e. The van der Waals surface area contributed by atoms with E-state index in [1.54, 1.807) is 0 Å². The third kappa shape index (κ3) is 1.90. The summed E-state index contributed by atoms with van der Waals surface area (Å²) < 4.78 is 0. The van der Waals surface area contributed by atoms with Crippen molar-refractivity contribution in [1.82, 2.24) is 0 Å². The summed E-state index contributed by atoms with van der Waals surface area (Å²) in [6, 6.07) is 8.17. The molecule has 0 saturated heterocycles. The first-order valence-electron chi connectivity index (χ1n) is 4.17. The van der Waals surface area contributed by atoms with Gasteiger partial charge in [-0.2, -0.15) is 0 Å². The molecule has 0 atom stereocenters. The predicted octanol–water partition coefficient (Wildman–Crippen LogP) is 3.85. The van der Waals surface area contributed by atoms with E-state index in [1.807, 2.05) is 36.4 Å². The molecule has 64 valence electrons. The molecule has 0 bridgehead atoms. The van der Waals surface area contributed by atoms with E-state index in [4.69, 9.17) is 11.6 Å². The van der Waals surface area contributed by atoms with E-state index in [0.717, 1.165) is 10.6 Å². The van der Waals surface area contributed by atoms with Gasteiger partial charge in [0.15, 0.2) is 0 Å². The van der Waals surface area contributed by atoms with Crippen molar-refractivity contribution >= 4 is 23.8 Å². The van der Waals surface area contributed by atoms with Gasteiger partial charge in [-0.25, -0.2) is 0 Å². The minimum Gasteiger partial charge on any atom is -0.0843 e. The van der Waals surface area contributed by atoms with Gasteiger partial charge >= 0.3 is 0 Å². The molecule has 0 fully saturated rings. The highest BCUT2D eigenvalue weighted by Gasteiger charge is 1.97. The quantitative estimate of drug-likeness (QED) is 0.580. The lowest BCUT2D eigenvalue weighted by atomic mass is 10.1. The van der Waals surface area contributed by atoms with Crippen LogP contribution in [-0.4, -0.2) is 0 Å². The highest BCUT2D eigenvalue weighted by Crippen LogP contribution is 2.19. The lowest BCUT2D eigenvalue weighted by Crippen LogP contribution is -1.81. The summed E-state index contributed by atoms with van der Waals surface area (Å²) in [7, 11) is 0. The zero-order valence-corrected chi connectivity index (χ0v) is 7.83. The molecule has 1 heteroatoms. The molecule has 0 spiro atoms. The van der Waals surface area contributed by atoms with Crippen molar-refractivity contribution in [2.24, 2.45) is 0 Å². The normalized spacial score (nSPS) is 14.4. The third-order valence-electron chi connectivity index (χ3n) is 1.93. The van der Waals surface area contributed by atoms with Gasteiger partial charge in [0.2, 0.25) is 0 Å². The molecular formula is C12H9Cl. The average Bonchev–Trinajstić information content (AvgIpc) is 2.11. The van der Waals surface area contributed by atoms with Crippen molar-refractivity contribution in [3.8, 4) is 0 Å². The van der Waals surface area contributed by atoms with Crippen LogP contribution in [0.2, 0.25) is 0 Å². The Morgan fingerprint density at radius 2 is 1.54 bits per heavy atom. The number of hydrogen-bond donors (Lipinski definition) is 0. The molecule has 1 aromatic carbocycles. The van der Waals surface area contributed by atoms with Gasteiger partial charge in [-0.05, 0) is 23.3 Å². The summed E-state index contributed by atoms with van der Waals surface area (Å²) in [6.45, 7) is 0. The lowest BCUT2D eigenvalue weighted by molar-refractivity contribution is 1.60. The van der Waals surface area contributed by atoms with E-state index in [1.165, 1.54) is 5.56 Å². The van der Waals surface area contributed by atoms with Crippen molar-refractivity contribution in [1.29, 1.82) is 0 Å². The first kappa shape index (κ1) is 8.33. The number of benzene rings is 1. The van der Waals surface area contributed by atoms with E-state index in [9.17, 15) is 0 Å². The minimum atomic E-state index is 0.761. The monoisotopic (exact) mass is 188 g/mol. The Hall–Kier alpha value is -1.27. The molecule has 0 saturated carbocycles. The lowest BCUT2D eigenvalue weighted by Gasteiger charge is -2.02. The Morgan fingerprint density at radius 1 is 0.846 bits per heavy atom. The molecular weight excluding hydrogens is 180 g/mol. The van der Waals surface area contributed by atoms with Crippen LogP contribution in [0.25, 0.3) is 12.2 Å². The molecule has 0 unspecified atom stereocenters. The summed E-state index contributed by atoms with van der Waals surface area (Å²) in [5.41, 5.74) is 2.36. The Balaban J connectivity index is 2.58. The van der Waals surface area contributed by atoms with Gasteiger partial charge in [-0.3, -0.25) is 0 Å². The number of allylic oxidation sites excluding steroid dienone is 4. The molecule has 0 aromatic heterocycles. The van der Waals surface area contributed by atoms with Crippen LogP contribution in [0.4, 0.5) is 0 Å². The van der Waals surface area contributed by atoms with Crippen LogP contribution < -0.4 is 0 Å². The Labute approximate surface area is 82.8 Å². The number of rotatable bonds is 0. The molecule has 1 aromatic rings. The van der Waals surface area contributed by atoms with Crippen LogP contribution in [0.15, 0.2) is 47.5 Å². The van der Waals surface area contributed by atoms with Gasteiger partial charge in [0.25, 0.3) is 0 Å². The first-order valence-corrected chi connectivity index (χ1v) is 4.55. The molecule has 2 rings (SSSR count). The maximum Gasteiger partial charge on any atom is 0.0412 e. The zero-order chi connectivity index (χ0) is 9.10. The topological polar surface area (TPSA) is 0 Å². The zero-order valence-electron chi connectivity index (χ0n) is 7.07. The fourth-order valence-electron chi connectivity index (χ4n) is 1.30. The summed E-state index contributed by atoms with van der Waals surface area (Å²) >= 11 is 5.96. The average molecular weight is 189 g/mol. The smallest absolute Gasteiger partial charge is 0.0412 e. The van der Waals surface area contributed by atoms with E-state index in [2.05, 4.69) is 18.2 Å². The Morgan fingerprint density at radius 3 is 2.38 bits per heavy atom. The maximum atomic E-state index is 5.96. The summed E-state index contributed by atoms with van der Waals surface area (Å²) in [6.07, 6.45) is 9.86. The van der Waals surface area contributed by atoms with Crippen LogP contribution >= 0.6 is 11.6 Å². The van der Waals surface area contributed by atoms with Crippen molar-refractivity contribution in [3.05, 3.63) is 58.7 Å². The van der Waals surface area contributed by atoms with E-state index < -0.39 is 0 Å². The molecule has 13 heavy (non-hydrogen) atoms. The fraction of sp³-hybridized carbons (Fsp3) is 0. The van der Waals surface area contributed by atoms with Crippen molar-refractivity contribution in [2.75, 3.05) is 0 Å². The number of hydrogen-bond acceptors (Lipinski definition) is 0. The predicted molar refractivity (Wildman–Crippen MR) is 58.4 cm³/mol. The van der Waals surface area contributed by atoms with E-state index in [0.29, 0.717) is 0 Å². The maximum absolute atomic E-state index is 5.96. The van der Waals surface area contributed by atoms with Crippen LogP contribution in [0, 0.1) is 0 Å². The van der Waals surface area contributed by atoms with Gasteiger partial charge < -0.3 is 0 Å². The summed E-state index contributed by atoms with van der Waals surface area (Å²) in [5, 5.41) is 0.761. The minimum absolute atomic E-state index is 0.761. The molecule has 0 amide bonds. The van der Waals surface area contributed by atoms with E-state index in [-0.39, 0.29) is 0 Å². The van der Waals surface area contributed by atoms with Crippen molar-refractivity contribution in [3.63, 3.8) is 0 Å². The van der Waals surface area contributed by atoms with E-state index >= 15 is 0 Å². The Kier molecular flexibility index (Phi) is 2.33. The van der Waals surface area contributed by atoms with Gasteiger partial charge in [-0.1, -0.05) is 54.1 Å². The second-order valence-corrected chi connectivity index (χ2v) is 3.31. The SMILES string of the molecule is ClC1=Cc2ccccc2C=CC=C1. The Bertz CT molecular complexity index is 397. The second-order valence-electron chi connectivity index (χ2n) is 2.88. The molecule has 0 radical (unpaired) electrons. The molecule has 0 heterocycles. The molecule has 0 aliphatic heterocycles. The van der Waals surface area contributed by atoms with Gasteiger partial charge in [-0.15, -0.1) is 0 Å². The highest BCUT2D eigenvalue weighted by molar-refractivity contribution is 6.33. The fourth-order valence-corrected chi connectivity index (χ4v) is 1.49. The van der Waals surface area contributed by atoms with Gasteiger partial charge in [0, 0.05) is 5.03 Å². The highest BCUT2D eigenvalue weighted by atomic mass is 35.5. The molecule has 0 N–H and O–H groups in total. The van der Waals surface area contributed by atoms with Crippen LogP contribution in [-0.2, 0) is 0 Å². The molecule has 0 nitrogen and oxygen atoms in total. The first-order chi connectivity index (χ1) is 6.36. The second kappa shape index (κ2) is 3.63.